The second-order valence-electron chi connectivity index (χ2n) is 4.49. The largest absolute Gasteiger partial charge is 0.303 e. The number of hydrogen-bond donors (Lipinski definition) is 0. The Morgan fingerprint density at radius 2 is 1.53 bits per heavy atom. The van der Waals surface area contributed by atoms with E-state index in [9.17, 15) is 0 Å². The van der Waals surface area contributed by atoms with Crippen LogP contribution in [0.25, 0.3) is 0 Å². The molecular weight excluding hydrogens is 182 g/mol. The maximum Gasteiger partial charge on any atom is 0.00218 e. The molecule has 1 aromatic rings. The van der Waals surface area contributed by atoms with Gasteiger partial charge in [0.05, 0.1) is 0 Å². The Labute approximate surface area is 93.1 Å². The van der Waals surface area contributed by atoms with Crippen LogP contribution >= 0.6 is 0 Å². The van der Waals surface area contributed by atoms with Crippen LogP contribution in [0.1, 0.15) is 31.2 Å². The van der Waals surface area contributed by atoms with Crippen LogP contribution in [0.2, 0.25) is 0 Å². The molecule has 0 atom stereocenters. The van der Waals surface area contributed by atoms with Crippen molar-refractivity contribution in [2.75, 3.05) is 19.6 Å². The fraction of sp³-hybridized carbons (Fsp3) is 0.571. The van der Waals surface area contributed by atoms with E-state index in [2.05, 4.69) is 35.2 Å². The van der Waals surface area contributed by atoms with E-state index in [4.69, 9.17) is 0 Å². The van der Waals surface area contributed by atoms with Gasteiger partial charge in [-0.25, -0.2) is 0 Å². The lowest BCUT2D eigenvalue weighted by Gasteiger charge is -2.19. The summed E-state index contributed by atoms with van der Waals surface area (Å²) in [5.41, 5.74) is 1.47. The molecule has 1 fully saturated rings. The van der Waals surface area contributed by atoms with Crippen LogP contribution < -0.4 is 0 Å². The Balaban J connectivity index is 1.77. The molecule has 0 saturated carbocycles. The van der Waals surface area contributed by atoms with Gasteiger partial charge in [0.25, 0.3) is 0 Å². The van der Waals surface area contributed by atoms with Crippen LogP contribution in [0.15, 0.2) is 30.3 Å². The van der Waals surface area contributed by atoms with E-state index in [1.54, 1.807) is 0 Å². The van der Waals surface area contributed by atoms with Crippen LogP contribution in [-0.4, -0.2) is 24.5 Å². The highest BCUT2D eigenvalue weighted by Gasteiger charge is 2.08. The van der Waals surface area contributed by atoms with Crippen molar-refractivity contribution in [3.8, 4) is 0 Å². The minimum atomic E-state index is 1.21. The highest BCUT2D eigenvalue weighted by molar-refractivity contribution is 5.14. The van der Waals surface area contributed by atoms with Gasteiger partial charge in [0, 0.05) is 6.54 Å². The molecule has 1 aliphatic heterocycles. The average molecular weight is 203 g/mol. The van der Waals surface area contributed by atoms with Crippen molar-refractivity contribution in [1.82, 2.24) is 4.90 Å². The lowest BCUT2D eigenvalue weighted by Crippen LogP contribution is -2.26. The summed E-state index contributed by atoms with van der Waals surface area (Å²) < 4.78 is 0. The first-order valence-corrected chi connectivity index (χ1v) is 6.21. The molecule has 0 aliphatic carbocycles. The van der Waals surface area contributed by atoms with E-state index >= 15 is 0 Å². The first-order chi connectivity index (χ1) is 7.45. The fourth-order valence-electron chi connectivity index (χ4n) is 2.29. The van der Waals surface area contributed by atoms with E-state index in [0.717, 1.165) is 0 Å². The van der Waals surface area contributed by atoms with Crippen LogP contribution in [0, 0.1) is 0 Å². The zero-order valence-corrected chi connectivity index (χ0v) is 9.49. The van der Waals surface area contributed by atoms with Gasteiger partial charge < -0.3 is 4.90 Å². The summed E-state index contributed by atoms with van der Waals surface area (Å²) in [4.78, 5) is 2.62. The van der Waals surface area contributed by atoms with Gasteiger partial charge in [-0.1, -0.05) is 43.2 Å². The Morgan fingerprint density at radius 1 is 0.867 bits per heavy atom. The normalized spacial score (nSPS) is 18.7. The molecule has 1 aliphatic rings. The minimum Gasteiger partial charge on any atom is -0.303 e. The zero-order chi connectivity index (χ0) is 10.3. The first kappa shape index (κ1) is 10.7. The molecule has 0 bridgehead atoms. The van der Waals surface area contributed by atoms with E-state index in [-0.39, 0.29) is 0 Å². The molecule has 2 rings (SSSR count). The van der Waals surface area contributed by atoms with Crippen molar-refractivity contribution in [2.24, 2.45) is 0 Å². The van der Waals surface area contributed by atoms with Crippen molar-refractivity contribution in [3.63, 3.8) is 0 Å². The Morgan fingerprint density at radius 3 is 2.20 bits per heavy atom. The van der Waals surface area contributed by atoms with Crippen LogP contribution in [0.5, 0.6) is 0 Å². The molecule has 0 aromatic heterocycles. The van der Waals surface area contributed by atoms with Crippen LogP contribution in [0.4, 0.5) is 0 Å². The van der Waals surface area contributed by atoms with Crippen molar-refractivity contribution < 1.29 is 0 Å². The van der Waals surface area contributed by atoms with Crippen LogP contribution in [0.3, 0.4) is 0 Å². The monoisotopic (exact) mass is 203 g/mol. The van der Waals surface area contributed by atoms with Gasteiger partial charge in [-0.3, -0.25) is 0 Å². The maximum absolute atomic E-state index is 2.62. The van der Waals surface area contributed by atoms with Crippen molar-refractivity contribution in [3.05, 3.63) is 35.9 Å². The fourth-order valence-corrected chi connectivity index (χ4v) is 2.29. The SMILES string of the molecule is c1ccc(CCN2CCCCCC2)cc1. The summed E-state index contributed by atoms with van der Waals surface area (Å²) in [6, 6.07) is 10.8. The molecule has 0 N–H and O–H groups in total. The van der Waals surface area contributed by atoms with Gasteiger partial charge in [-0.15, -0.1) is 0 Å². The number of likely N-dealkylation sites (tertiary alicyclic amines) is 1. The lowest BCUT2D eigenvalue weighted by molar-refractivity contribution is 0.289. The zero-order valence-electron chi connectivity index (χ0n) is 9.49. The predicted molar refractivity (Wildman–Crippen MR) is 65.1 cm³/mol. The van der Waals surface area contributed by atoms with Gasteiger partial charge in [0.15, 0.2) is 0 Å². The number of rotatable bonds is 3. The van der Waals surface area contributed by atoms with Gasteiger partial charge >= 0.3 is 0 Å². The molecule has 0 amide bonds. The molecule has 1 aromatic carbocycles. The summed E-state index contributed by atoms with van der Waals surface area (Å²) in [7, 11) is 0. The Kier molecular flexibility index (Phi) is 4.22. The maximum atomic E-state index is 2.62. The second-order valence-corrected chi connectivity index (χ2v) is 4.49. The summed E-state index contributed by atoms with van der Waals surface area (Å²) in [6.07, 6.45) is 6.87. The van der Waals surface area contributed by atoms with Gasteiger partial charge in [0.1, 0.15) is 0 Å². The smallest absolute Gasteiger partial charge is 0.00218 e. The summed E-state index contributed by atoms with van der Waals surface area (Å²) in [5.74, 6) is 0. The Hall–Kier alpha value is -0.820. The molecule has 0 radical (unpaired) electrons. The molecule has 15 heavy (non-hydrogen) atoms. The summed E-state index contributed by atoms with van der Waals surface area (Å²) in [6.45, 7) is 3.86. The second kappa shape index (κ2) is 5.92. The van der Waals surface area contributed by atoms with Crippen LogP contribution in [-0.2, 0) is 6.42 Å². The van der Waals surface area contributed by atoms with Crippen molar-refractivity contribution in [2.45, 2.75) is 32.1 Å². The third-order valence-corrected chi connectivity index (χ3v) is 3.26. The minimum absolute atomic E-state index is 1.21. The molecular formula is C14H21N. The van der Waals surface area contributed by atoms with Gasteiger partial charge in [-0.2, -0.15) is 0 Å². The molecule has 0 spiro atoms. The quantitative estimate of drug-likeness (QED) is 0.729. The number of nitrogens with zero attached hydrogens (tertiary/aromatic N) is 1. The van der Waals surface area contributed by atoms with E-state index < -0.39 is 0 Å². The van der Waals surface area contributed by atoms with Gasteiger partial charge in [0.2, 0.25) is 0 Å². The highest BCUT2D eigenvalue weighted by atomic mass is 15.1. The third-order valence-electron chi connectivity index (χ3n) is 3.26. The summed E-state index contributed by atoms with van der Waals surface area (Å²) in [5, 5.41) is 0. The molecule has 1 heterocycles. The van der Waals surface area contributed by atoms with Gasteiger partial charge in [-0.05, 0) is 37.9 Å². The lowest BCUT2D eigenvalue weighted by atomic mass is 10.1. The predicted octanol–water partition coefficient (Wildman–Crippen LogP) is 3.11. The molecule has 1 saturated heterocycles. The first-order valence-electron chi connectivity index (χ1n) is 6.21. The average Bonchev–Trinajstić information content (AvgIpc) is 2.56. The number of hydrogen-bond acceptors (Lipinski definition) is 1. The molecule has 0 unspecified atom stereocenters. The third kappa shape index (κ3) is 3.67. The van der Waals surface area contributed by atoms with E-state index in [0.29, 0.717) is 0 Å². The molecule has 1 nitrogen and oxygen atoms in total. The highest BCUT2D eigenvalue weighted by Crippen LogP contribution is 2.10. The van der Waals surface area contributed by atoms with Crippen molar-refractivity contribution >= 4 is 0 Å². The topological polar surface area (TPSA) is 3.24 Å². The van der Waals surface area contributed by atoms with E-state index in [1.165, 1.54) is 57.3 Å². The molecule has 82 valence electrons. The van der Waals surface area contributed by atoms with Crippen molar-refractivity contribution in [1.29, 1.82) is 0 Å². The summed E-state index contributed by atoms with van der Waals surface area (Å²) >= 11 is 0. The number of benzene rings is 1. The standard InChI is InChI=1S/C14H21N/c1-2-7-12-15(11-6-1)13-10-14-8-4-3-5-9-14/h3-5,8-9H,1-2,6-7,10-13H2. The Bertz CT molecular complexity index is 260. The molecule has 1 heteroatoms. The van der Waals surface area contributed by atoms with E-state index in [1.807, 2.05) is 0 Å².